The molecule has 1 aromatic carbocycles. The van der Waals surface area contributed by atoms with Gasteiger partial charge >= 0.3 is 6.18 Å². The van der Waals surface area contributed by atoms with Crippen molar-refractivity contribution in [2.75, 3.05) is 13.6 Å². The van der Waals surface area contributed by atoms with Crippen molar-refractivity contribution in [1.82, 2.24) is 4.90 Å². The molecular weight excluding hydrogens is 327 g/mol. The Hall–Kier alpha value is -1.31. The molecule has 3 nitrogen and oxygen atoms in total. The molecule has 0 aliphatic heterocycles. The molecule has 0 saturated heterocycles. The van der Waals surface area contributed by atoms with Gasteiger partial charge in [-0.05, 0) is 6.07 Å². The van der Waals surface area contributed by atoms with Gasteiger partial charge in [0.1, 0.15) is 4.88 Å². The average molecular weight is 338 g/mol. The lowest BCUT2D eigenvalue weighted by Crippen LogP contribution is -2.41. The minimum absolute atomic E-state index is 0.162. The van der Waals surface area contributed by atoms with E-state index in [-0.39, 0.29) is 9.90 Å². The molecule has 0 saturated carbocycles. The third-order valence-corrected chi connectivity index (χ3v) is 4.56. The molecule has 0 aliphatic rings. The molecule has 0 spiro atoms. The second-order valence-corrected chi connectivity index (χ2v) is 5.91. The lowest BCUT2D eigenvalue weighted by molar-refractivity contribution is -0.205. The van der Waals surface area contributed by atoms with Gasteiger partial charge in [-0.3, -0.25) is 4.79 Å². The Morgan fingerprint density at radius 2 is 2.05 bits per heavy atom. The summed E-state index contributed by atoms with van der Waals surface area (Å²) < 4.78 is 37.7. The topological polar surface area (TPSA) is 40.5 Å². The average Bonchev–Trinajstić information content (AvgIpc) is 2.74. The summed E-state index contributed by atoms with van der Waals surface area (Å²) in [6.45, 7) is -0.840. The summed E-state index contributed by atoms with van der Waals surface area (Å²) in [7, 11) is 1.19. The van der Waals surface area contributed by atoms with Crippen LogP contribution in [0.4, 0.5) is 13.2 Å². The number of rotatable bonds is 3. The lowest BCUT2D eigenvalue weighted by Gasteiger charge is -2.22. The third-order valence-electron chi connectivity index (χ3n) is 2.90. The number of hydrogen-bond donors (Lipinski definition) is 1. The molecule has 1 heterocycles. The fourth-order valence-corrected chi connectivity index (χ4v) is 3.28. The first kappa shape index (κ1) is 16.1. The van der Waals surface area contributed by atoms with Crippen LogP contribution in [-0.4, -0.2) is 41.8 Å². The number of aliphatic hydroxyl groups excluding tert-OH is 1. The maximum absolute atomic E-state index is 12.3. The molecule has 2 aromatic rings. The van der Waals surface area contributed by atoms with Crippen LogP contribution in [0.2, 0.25) is 5.02 Å². The van der Waals surface area contributed by atoms with E-state index in [1.165, 1.54) is 7.05 Å². The Labute approximate surface area is 127 Å². The van der Waals surface area contributed by atoms with Gasteiger partial charge in [0.2, 0.25) is 0 Å². The van der Waals surface area contributed by atoms with Crippen molar-refractivity contribution < 1.29 is 23.1 Å². The molecule has 1 N–H and O–H groups in total. The van der Waals surface area contributed by atoms with E-state index in [2.05, 4.69) is 0 Å². The molecule has 1 atom stereocenters. The number of halogens is 4. The SMILES string of the molecule is CN(CC(O)C(F)(F)F)C(=O)c1sc2ccccc2c1Cl. The second kappa shape index (κ2) is 5.82. The molecule has 0 radical (unpaired) electrons. The minimum Gasteiger partial charge on any atom is -0.382 e. The molecule has 2 rings (SSSR count). The molecular formula is C13H11ClF3NO2S. The summed E-state index contributed by atoms with van der Waals surface area (Å²) >= 11 is 7.21. The van der Waals surface area contributed by atoms with Crippen molar-refractivity contribution in [2.45, 2.75) is 12.3 Å². The van der Waals surface area contributed by atoms with Gasteiger partial charge in [-0.2, -0.15) is 13.2 Å². The Balaban J connectivity index is 2.24. The van der Waals surface area contributed by atoms with Gasteiger partial charge in [-0.25, -0.2) is 0 Å². The van der Waals surface area contributed by atoms with Gasteiger partial charge in [0.15, 0.2) is 6.10 Å². The highest BCUT2D eigenvalue weighted by atomic mass is 35.5. The number of hydrogen-bond acceptors (Lipinski definition) is 3. The summed E-state index contributed by atoms with van der Waals surface area (Å²) in [6.07, 6.45) is -7.35. The summed E-state index contributed by atoms with van der Waals surface area (Å²) in [5, 5.41) is 9.91. The zero-order valence-corrected chi connectivity index (χ0v) is 12.4. The second-order valence-electron chi connectivity index (χ2n) is 4.48. The van der Waals surface area contributed by atoms with Crippen molar-refractivity contribution in [3.63, 3.8) is 0 Å². The van der Waals surface area contributed by atoms with E-state index in [0.717, 1.165) is 20.9 Å². The molecule has 1 unspecified atom stereocenters. The number of amides is 1. The number of carbonyl (C=O) groups excluding carboxylic acids is 1. The van der Waals surface area contributed by atoms with Gasteiger partial charge in [-0.1, -0.05) is 29.8 Å². The highest BCUT2D eigenvalue weighted by Crippen LogP contribution is 2.35. The Morgan fingerprint density at radius 1 is 1.43 bits per heavy atom. The highest BCUT2D eigenvalue weighted by Gasteiger charge is 2.39. The summed E-state index contributed by atoms with van der Waals surface area (Å²) in [4.78, 5) is 13.1. The van der Waals surface area contributed by atoms with E-state index in [9.17, 15) is 18.0 Å². The fourth-order valence-electron chi connectivity index (χ4n) is 1.77. The molecule has 1 aromatic heterocycles. The highest BCUT2D eigenvalue weighted by molar-refractivity contribution is 7.21. The molecule has 1 amide bonds. The maximum Gasteiger partial charge on any atom is 0.416 e. The molecule has 0 aliphatic carbocycles. The van der Waals surface area contributed by atoms with E-state index < -0.39 is 24.7 Å². The lowest BCUT2D eigenvalue weighted by atomic mass is 10.2. The van der Waals surface area contributed by atoms with Gasteiger partial charge in [0.05, 0.1) is 11.6 Å². The van der Waals surface area contributed by atoms with E-state index in [0.29, 0.717) is 5.39 Å². The molecule has 114 valence electrons. The minimum atomic E-state index is -4.77. The zero-order chi connectivity index (χ0) is 15.8. The number of alkyl halides is 3. The number of aliphatic hydroxyl groups is 1. The van der Waals surface area contributed by atoms with Gasteiger partial charge < -0.3 is 10.0 Å². The molecule has 21 heavy (non-hydrogen) atoms. The predicted molar refractivity (Wildman–Crippen MR) is 75.9 cm³/mol. The quantitative estimate of drug-likeness (QED) is 0.930. The number of fused-ring (bicyclic) bond motifs is 1. The first-order valence-corrected chi connectivity index (χ1v) is 7.08. The van der Waals surface area contributed by atoms with Crippen LogP contribution in [-0.2, 0) is 0 Å². The van der Waals surface area contributed by atoms with Crippen LogP contribution in [0, 0.1) is 0 Å². The smallest absolute Gasteiger partial charge is 0.382 e. The Bertz CT molecular complexity index is 671. The molecule has 0 fully saturated rings. The van der Waals surface area contributed by atoms with E-state index in [4.69, 9.17) is 16.7 Å². The fraction of sp³-hybridized carbons (Fsp3) is 0.308. The summed E-state index contributed by atoms with van der Waals surface area (Å²) in [5.41, 5.74) is 0. The van der Waals surface area contributed by atoms with Crippen molar-refractivity contribution in [3.05, 3.63) is 34.2 Å². The van der Waals surface area contributed by atoms with Gasteiger partial charge in [0, 0.05) is 17.1 Å². The summed E-state index contributed by atoms with van der Waals surface area (Å²) in [5.74, 6) is -0.649. The van der Waals surface area contributed by atoms with Crippen LogP contribution >= 0.6 is 22.9 Å². The van der Waals surface area contributed by atoms with E-state index in [1.807, 2.05) is 0 Å². The van der Waals surface area contributed by atoms with E-state index in [1.54, 1.807) is 24.3 Å². The largest absolute Gasteiger partial charge is 0.416 e. The Kier molecular flexibility index (Phi) is 4.46. The van der Waals surface area contributed by atoms with Crippen molar-refractivity contribution >= 4 is 38.9 Å². The number of carbonyl (C=O) groups is 1. The number of likely N-dealkylation sites (N-methyl/N-ethyl adjacent to an activating group) is 1. The van der Waals surface area contributed by atoms with Crippen molar-refractivity contribution in [2.24, 2.45) is 0 Å². The molecule has 0 bridgehead atoms. The normalized spacial score (nSPS) is 13.4. The van der Waals surface area contributed by atoms with Crippen LogP contribution in [0.3, 0.4) is 0 Å². The predicted octanol–water partition coefficient (Wildman–Crippen LogP) is 3.55. The zero-order valence-electron chi connectivity index (χ0n) is 10.8. The first-order chi connectivity index (χ1) is 9.71. The maximum atomic E-state index is 12.3. The number of nitrogens with zero attached hydrogens (tertiary/aromatic N) is 1. The van der Waals surface area contributed by atoms with Crippen molar-refractivity contribution in [3.8, 4) is 0 Å². The van der Waals surface area contributed by atoms with Gasteiger partial charge in [-0.15, -0.1) is 11.3 Å². The summed E-state index contributed by atoms with van der Waals surface area (Å²) in [6, 6.07) is 7.04. The van der Waals surface area contributed by atoms with Crippen LogP contribution in [0.1, 0.15) is 9.67 Å². The van der Waals surface area contributed by atoms with Gasteiger partial charge in [0.25, 0.3) is 5.91 Å². The number of benzene rings is 1. The van der Waals surface area contributed by atoms with Crippen molar-refractivity contribution in [1.29, 1.82) is 0 Å². The standard InChI is InChI=1S/C13H11ClF3NO2S/c1-18(6-9(19)13(15,16)17)12(20)11-10(14)7-4-2-3-5-8(7)21-11/h2-5,9,19H,6H2,1H3. The Morgan fingerprint density at radius 3 is 2.62 bits per heavy atom. The van der Waals surface area contributed by atoms with E-state index >= 15 is 0 Å². The van der Waals surface area contributed by atoms with Crippen LogP contribution < -0.4 is 0 Å². The van der Waals surface area contributed by atoms with Crippen LogP contribution in [0.15, 0.2) is 24.3 Å². The molecule has 8 heteroatoms. The number of thiophene rings is 1. The monoisotopic (exact) mass is 337 g/mol. The van der Waals surface area contributed by atoms with Crippen LogP contribution in [0.25, 0.3) is 10.1 Å². The van der Waals surface area contributed by atoms with Crippen LogP contribution in [0.5, 0.6) is 0 Å². The third kappa shape index (κ3) is 3.30. The first-order valence-electron chi connectivity index (χ1n) is 5.89.